The van der Waals surface area contributed by atoms with E-state index in [0.29, 0.717) is 0 Å². The van der Waals surface area contributed by atoms with E-state index in [9.17, 15) is 9.18 Å². The molecule has 20 heavy (non-hydrogen) atoms. The summed E-state index contributed by atoms with van der Waals surface area (Å²) in [5.74, 6) is -1.23. The molecular formula is C16H12FNO2. The fourth-order valence-electron chi connectivity index (χ4n) is 2.34. The monoisotopic (exact) mass is 269 g/mol. The molecule has 0 fully saturated rings. The Morgan fingerprint density at radius 2 is 1.85 bits per heavy atom. The fourth-order valence-corrected chi connectivity index (χ4v) is 2.34. The van der Waals surface area contributed by atoms with Crippen molar-refractivity contribution in [1.82, 2.24) is 4.57 Å². The second-order valence-electron chi connectivity index (χ2n) is 4.70. The van der Waals surface area contributed by atoms with E-state index in [1.54, 1.807) is 30.3 Å². The molecule has 0 spiro atoms. The Balaban J connectivity index is 2.22. The lowest BCUT2D eigenvalue weighted by Crippen LogP contribution is -1.96. The number of hydrogen-bond acceptors (Lipinski definition) is 1. The highest BCUT2D eigenvalue weighted by atomic mass is 19.1. The Bertz CT molecular complexity index is 803. The van der Waals surface area contributed by atoms with Crippen LogP contribution in [0.2, 0.25) is 0 Å². The molecule has 0 aliphatic carbocycles. The van der Waals surface area contributed by atoms with Gasteiger partial charge in [0.15, 0.2) is 0 Å². The lowest BCUT2D eigenvalue weighted by atomic mass is 10.1. The van der Waals surface area contributed by atoms with Crippen LogP contribution < -0.4 is 0 Å². The van der Waals surface area contributed by atoms with Gasteiger partial charge >= 0.3 is 5.97 Å². The number of carboxylic acid groups (broad SMARTS) is 1. The van der Waals surface area contributed by atoms with E-state index in [4.69, 9.17) is 5.11 Å². The molecule has 1 heterocycles. The summed E-state index contributed by atoms with van der Waals surface area (Å²) in [7, 11) is 0. The smallest absolute Gasteiger partial charge is 0.335 e. The lowest BCUT2D eigenvalue weighted by Gasteiger charge is -2.05. The molecule has 3 aromatic rings. The molecule has 0 bridgehead atoms. The zero-order valence-corrected chi connectivity index (χ0v) is 10.8. The number of carbonyl (C=O) groups is 1. The molecule has 2 aromatic carbocycles. The average molecular weight is 269 g/mol. The summed E-state index contributed by atoms with van der Waals surface area (Å²) in [6, 6.07) is 11.2. The van der Waals surface area contributed by atoms with Gasteiger partial charge in [-0.05, 0) is 55.0 Å². The van der Waals surface area contributed by atoms with Gasteiger partial charge in [0.1, 0.15) is 5.82 Å². The molecule has 0 radical (unpaired) electrons. The zero-order chi connectivity index (χ0) is 14.3. The third-order valence-electron chi connectivity index (χ3n) is 3.36. The van der Waals surface area contributed by atoms with Crippen LogP contribution in [-0.4, -0.2) is 15.6 Å². The minimum absolute atomic E-state index is 0.262. The summed E-state index contributed by atoms with van der Waals surface area (Å²) >= 11 is 0. The van der Waals surface area contributed by atoms with Gasteiger partial charge in [-0.1, -0.05) is 0 Å². The second-order valence-corrected chi connectivity index (χ2v) is 4.70. The van der Waals surface area contributed by atoms with Crippen molar-refractivity contribution in [3.63, 3.8) is 0 Å². The average Bonchev–Trinajstić information content (AvgIpc) is 2.76. The first kappa shape index (κ1) is 12.4. The van der Waals surface area contributed by atoms with Crippen molar-refractivity contribution in [3.8, 4) is 5.69 Å². The SMILES string of the molecule is Cc1cn(-c2ccc(F)cc2)c2ccc(C(=O)O)cc12. The summed E-state index contributed by atoms with van der Waals surface area (Å²) in [5.41, 5.74) is 2.98. The minimum atomic E-state index is -0.944. The Labute approximate surface area is 114 Å². The van der Waals surface area contributed by atoms with Gasteiger partial charge in [-0.3, -0.25) is 0 Å². The van der Waals surface area contributed by atoms with Gasteiger partial charge in [0.25, 0.3) is 0 Å². The molecule has 0 amide bonds. The molecule has 0 unspecified atom stereocenters. The maximum atomic E-state index is 13.0. The van der Waals surface area contributed by atoms with Crippen molar-refractivity contribution >= 4 is 16.9 Å². The molecule has 0 aliphatic heterocycles. The largest absolute Gasteiger partial charge is 0.478 e. The van der Waals surface area contributed by atoms with Gasteiger partial charge < -0.3 is 9.67 Å². The topological polar surface area (TPSA) is 42.2 Å². The third kappa shape index (κ3) is 1.95. The summed E-state index contributed by atoms with van der Waals surface area (Å²) < 4.78 is 14.9. The van der Waals surface area contributed by atoms with Crippen LogP contribution in [0, 0.1) is 12.7 Å². The van der Waals surface area contributed by atoms with E-state index in [0.717, 1.165) is 22.2 Å². The van der Waals surface area contributed by atoms with E-state index in [1.165, 1.54) is 12.1 Å². The molecular weight excluding hydrogens is 257 g/mol. The van der Waals surface area contributed by atoms with Crippen molar-refractivity contribution in [1.29, 1.82) is 0 Å². The molecule has 4 heteroatoms. The van der Waals surface area contributed by atoms with E-state index < -0.39 is 5.97 Å². The van der Waals surface area contributed by atoms with Crippen LogP contribution in [0.25, 0.3) is 16.6 Å². The molecule has 1 aromatic heterocycles. The lowest BCUT2D eigenvalue weighted by molar-refractivity contribution is 0.0697. The second kappa shape index (κ2) is 4.49. The first-order chi connectivity index (χ1) is 9.56. The van der Waals surface area contributed by atoms with Crippen molar-refractivity contribution in [2.24, 2.45) is 0 Å². The number of hydrogen-bond donors (Lipinski definition) is 1. The van der Waals surface area contributed by atoms with Crippen LogP contribution in [0.15, 0.2) is 48.7 Å². The van der Waals surface area contributed by atoms with Crippen LogP contribution in [-0.2, 0) is 0 Å². The fraction of sp³-hybridized carbons (Fsp3) is 0.0625. The number of carboxylic acids is 1. The van der Waals surface area contributed by atoms with Gasteiger partial charge in [0.05, 0.1) is 11.1 Å². The molecule has 0 atom stereocenters. The molecule has 0 saturated heterocycles. The number of nitrogens with zero attached hydrogens (tertiary/aromatic N) is 1. The normalized spacial score (nSPS) is 10.9. The number of halogens is 1. The van der Waals surface area contributed by atoms with E-state index in [2.05, 4.69) is 0 Å². The number of benzene rings is 2. The van der Waals surface area contributed by atoms with E-state index >= 15 is 0 Å². The minimum Gasteiger partial charge on any atom is -0.478 e. The summed E-state index contributed by atoms with van der Waals surface area (Å²) in [6.07, 6.45) is 1.92. The molecule has 100 valence electrons. The van der Waals surface area contributed by atoms with Crippen molar-refractivity contribution in [3.05, 3.63) is 65.6 Å². The van der Waals surface area contributed by atoms with Gasteiger partial charge in [0, 0.05) is 17.3 Å². The van der Waals surface area contributed by atoms with Gasteiger partial charge in [0.2, 0.25) is 0 Å². The number of aryl methyl sites for hydroxylation is 1. The maximum absolute atomic E-state index is 13.0. The first-order valence-corrected chi connectivity index (χ1v) is 6.17. The predicted molar refractivity (Wildman–Crippen MR) is 74.9 cm³/mol. The molecule has 0 saturated carbocycles. The molecule has 1 N–H and O–H groups in total. The molecule has 3 rings (SSSR count). The number of rotatable bonds is 2. The molecule has 3 nitrogen and oxygen atoms in total. The Morgan fingerprint density at radius 3 is 2.50 bits per heavy atom. The van der Waals surface area contributed by atoms with Crippen LogP contribution in [0.3, 0.4) is 0 Å². The van der Waals surface area contributed by atoms with Crippen LogP contribution >= 0.6 is 0 Å². The number of fused-ring (bicyclic) bond motifs is 1. The highest BCUT2D eigenvalue weighted by molar-refractivity contribution is 5.95. The number of aromatic nitrogens is 1. The van der Waals surface area contributed by atoms with E-state index in [-0.39, 0.29) is 11.4 Å². The van der Waals surface area contributed by atoms with Crippen molar-refractivity contribution < 1.29 is 14.3 Å². The van der Waals surface area contributed by atoms with Crippen molar-refractivity contribution in [2.45, 2.75) is 6.92 Å². The standard InChI is InChI=1S/C16H12FNO2/c1-10-9-18(13-5-3-12(17)4-6-13)15-7-2-11(16(19)20)8-14(10)15/h2-9H,1H3,(H,19,20). The summed E-state index contributed by atoms with van der Waals surface area (Å²) in [6.45, 7) is 1.92. The maximum Gasteiger partial charge on any atom is 0.335 e. The first-order valence-electron chi connectivity index (χ1n) is 6.17. The van der Waals surface area contributed by atoms with Crippen molar-refractivity contribution in [2.75, 3.05) is 0 Å². The zero-order valence-electron chi connectivity index (χ0n) is 10.8. The highest BCUT2D eigenvalue weighted by Crippen LogP contribution is 2.25. The quantitative estimate of drug-likeness (QED) is 0.769. The third-order valence-corrected chi connectivity index (χ3v) is 3.36. The highest BCUT2D eigenvalue weighted by Gasteiger charge is 2.10. The van der Waals surface area contributed by atoms with Crippen LogP contribution in [0.5, 0.6) is 0 Å². The Morgan fingerprint density at radius 1 is 1.15 bits per heavy atom. The van der Waals surface area contributed by atoms with Crippen LogP contribution in [0.1, 0.15) is 15.9 Å². The molecule has 0 aliphatic rings. The van der Waals surface area contributed by atoms with Gasteiger partial charge in [-0.2, -0.15) is 0 Å². The Hall–Kier alpha value is -2.62. The predicted octanol–water partition coefficient (Wildman–Crippen LogP) is 3.78. The summed E-state index contributed by atoms with van der Waals surface area (Å²) in [4.78, 5) is 11.0. The van der Waals surface area contributed by atoms with Gasteiger partial charge in [-0.15, -0.1) is 0 Å². The van der Waals surface area contributed by atoms with E-state index in [1.807, 2.05) is 17.7 Å². The Kier molecular flexibility index (Phi) is 2.79. The summed E-state index contributed by atoms with van der Waals surface area (Å²) in [5, 5.41) is 9.92. The number of aromatic carboxylic acids is 1. The van der Waals surface area contributed by atoms with Gasteiger partial charge in [-0.25, -0.2) is 9.18 Å². The van der Waals surface area contributed by atoms with Crippen LogP contribution in [0.4, 0.5) is 4.39 Å².